The van der Waals surface area contributed by atoms with Gasteiger partial charge in [0.2, 0.25) is 0 Å². The van der Waals surface area contributed by atoms with E-state index >= 15 is 0 Å². The van der Waals surface area contributed by atoms with Gasteiger partial charge in [-0.15, -0.1) is 0 Å². The van der Waals surface area contributed by atoms with Crippen LogP contribution in [0.15, 0.2) is 47.3 Å². The smallest absolute Gasteiger partial charge is 0.163 e. The molecule has 0 amide bonds. The first-order valence-electron chi connectivity index (χ1n) is 10.6. The molecule has 0 aliphatic rings. The molecule has 3 aromatic heterocycles. The summed E-state index contributed by atoms with van der Waals surface area (Å²) in [6.07, 6.45) is 2.29. The first-order chi connectivity index (χ1) is 15.6. The van der Waals surface area contributed by atoms with Crippen molar-refractivity contribution in [2.24, 2.45) is 0 Å². The van der Waals surface area contributed by atoms with Crippen molar-refractivity contribution in [3.63, 3.8) is 0 Å². The number of pyridine rings is 1. The summed E-state index contributed by atoms with van der Waals surface area (Å²) >= 11 is 3.38. The van der Waals surface area contributed by atoms with Crippen LogP contribution in [-0.2, 0) is 6.42 Å². The van der Waals surface area contributed by atoms with Gasteiger partial charge in [-0.1, -0.05) is 19.1 Å². The van der Waals surface area contributed by atoms with Crippen LogP contribution < -0.4 is 11.5 Å². The van der Waals surface area contributed by atoms with Crippen molar-refractivity contribution in [3.05, 3.63) is 52.9 Å². The van der Waals surface area contributed by atoms with Crippen LogP contribution in [0, 0.1) is 0 Å². The van der Waals surface area contributed by atoms with Gasteiger partial charge in [-0.2, -0.15) is 0 Å². The Morgan fingerprint density at radius 2 is 1.88 bits per heavy atom. The molecule has 0 aliphatic heterocycles. The minimum atomic E-state index is -1.89. The average molecular weight is 515 g/mol. The fraction of sp³-hybridized carbons (Fsp3) is 0.348. The van der Waals surface area contributed by atoms with Gasteiger partial charge in [0.15, 0.2) is 6.23 Å². The Bertz CT molecular complexity index is 1320. The summed E-state index contributed by atoms with van der Waals surface area (Å²) in [5.74, 6) is 0.674. The van der Waals surface area contributed by atoms with Crippen LogP contribution in [0.5, 0.6) is 0 Å². The van der Waals surface area contributed by atoms with Gasteiger partial charge in [0.1, 0.15) is 29.2 Å². The number of aryl methyl sites for hydroxylation is 1. The Hall–Kier alpha value is -2.79. The summed E-state index contributed by atoms with van der Waals surface area (Å²) in [7, 11) is 0. The minimum absolute atomic E-state index is 0.210. The van der Waals surface area contributed by atoms with Crippen molar-refractivity contribution in [2.45, 2.75) is 50.5 Å². The Kier molecular flexibility index (Phi) is 6.04. The molecule has 4 rings (SSSR count). The monoisotopic (exact) mass is 514 g/mol. The molecule has 10 heteroatoms. The number of nitrogens with zero attached hydrogens (tertiary/aromatic N) is 4. The topological polar surface area (TPSA) is 156 Å². The highest BCUT2D eigenvalue weighted by Crippen LogP contribution is 2.39. The number of anilines is 2. The Balaban J connectivity index is 1.60. The summed E-state index contributed by atoms with van der Waals surface area (Å²) in [6.45, 7) is 3.20. The molecule has 1 unspecified atom stereocenters. The molecule has 1 aromatic carbocycles. The second-order valence-electron chi connectivity index (χ2n) is 8.51. The normalized spacial score (nSPS) is 16.5. The molecule has 0 aliphatic carbocycles. The van der Waals surface area contributed by atoms with Crippen molar-refractivity contribution in [2.75, 3.05) is 11.5 Å². The molecule has 174 valence electrons. The van der Waals surface area contributed by atoms with Crippen LogP contribution in [0.25, 0.3) is 21.9 Å². The van der Waals surface area contributed by atoms with Gasteiger partial charge in [-0.3, -0.25) is 0 Å². The first kappa shape index (κ1) is 23.4. The third-order valence-corrected chi connectivity index (χ3v) is 7.16. The molecule has 0 spiro atoms. The van der Waals surface area contributed by atoms with Crippen LogP contribution >= 0.6 is 15.9 Å². The number of aliphatic hydroxyl groups excluding tert-OH is 1. The van der Waals surface area contributed by atoms with E-state index in [1.165, 1.54) is 17.8 Å². The lowest BCUT2D eigenvalue weighted by Crippen LogP contribution is -2.57. The Morgan fingerprint density at radius 1 is 1.12 bits per heavy atom. The third-order valence-electron chi connectivity index (χ3n) is 6.52. The zero-order valence-electron chi connectivity index (χ0n) is 18.4. The summed E-state index contributed by atoms with van der Waals surface area (Å²) in [4.78, 5) is 12.5. The van der Waals surface area contributed by atoms with Gasteiger partial charge in [0, 0.05) is 11.6 Å². The highest BCUT2D eigenvalue weighted by molar-refractivity contribution is 9.10. The molecule has 0 fully saturated rings. The number of nitrogens with two attached hydrogens (primary N) is 2. The number of aromatic nitrogens is 4. The maximum atomic E-state index is 11.5. The fourth-order valence-electron chi connectivity index (χ4n) is 4.20. The molecule has 33 heavy (non-hydrogen) atoms. The molecule has 0 saturated heterocycles. The number of nitrogen functional groups attached to an aromatic ring is 2. The minimum Gasteiger partial charge on any atom is -0.387 e. The van der Waals surface area contributed by atoms with E-state index in [2.05, 4.69) is 30.9 Å². The van der Waals surface area contributed by atoms with E-state index in [9.17, 15) is 15.3 Å². The Morgan fingerprint density at radius 3 is 2.61 bits per heavy atom. The predicted octanol–water partition coefficient (Wildman–Crippen LogP) is 2.92. The van der Waals surface area contributed by atoms with Gasteiger partial charge in [-0.25, -0.2) is 15.0 Å². The molecular formula is C23H27BrN6O3. The SMILES string of the molecule is CCC(O)(CCc1ccc2cc(Br)c(N)nc2c1)[C@@](C)(O)[C@@H](O)n1ccc2c(N)ncnc21. The van der Waals surface area contributed by atoms with E-state index in [1.807, 2.05) is 24.3 Å². The third kappa shape index (κ3) is 4.04. The molecule has 3 heterocycles. The number of halogens is 1. The highest BCUT2D eigenvalue weighted by atomic mass is 79.9. The zero-order valence-corrected chi connectivity index (χ0v) is 20.0. The van der Waals surface area contributed by atoms with Gasteiger partial charge >= 0.3 is 0 Å². The second kappa shape index (κ2) is 8.53. The van der Waals surface area contributed by atoms with Gasteiger partial charge in [-0.05, 0) is 65.9 Å². The molecule has 4 aromatic rings. The first-order valence-corrected chi connectivity index (χ1v) is 11.4. The predicted molar refractivity (Wildman–Crippen MR) is 131 cm³/mol. The lowest BCUT2D eigenvalue weighted by Gasteiger charge is -2.44. The lowest BCUT2D eigenvalue weighted by atomic mass is 9.76. The van der Waals surface area contributed by atoms with Crippen LogP contribution in [0.2, 0.25) is 0 Å². The number of hydrogen-bond acceptors (Lipinski definition) is 8. The number of rotatable bonds is 7. The molecular weight excluding hydrogens is 488 g/mol. The van der Waals surface area contributed by atoms with Crippen LogP contribution in [-0.4, -0.2) is 46.0 Å². The zero-order chi connectivity index (χ0) is 24.0. The Labute approximate surface area is 199 Å². The maximum absolute atomic E-state index is 11.5. The van der Waals surface area contributed by atoms with Crippen molar-refractivity contribution >= 4 is 49.5 Å². The standard InChI is InChI=1S/C23H27BrN6O3/c1-3-23(33,8-6-13-4-5-14-11-16(24)19(26)29-17(14)10-13)22(2,32)21(31)30-9-7-15-18(25)27-12-28-20(15)30/h4-5,7,9-12,21,31-33H,3,6,8H2,1-2H3,(H2,26,29)(H2,25,27,28)/t21-,22+,23?/m1/s1. The summed E-state index contributed by atoms with van der Waals surface area (Å²) in [6, 6.07) is 9.38. The van der Waals surface area contributed by atoms with Gasteiger partial charge < -0.3 is 31.4 Å². The maximum Gasteiger partial charge on any atom is 0.163 e. The number of hydrogen-bond donors (Lipinski definition) is 5. The molecule has 0 bridgehead atoms. The number of fused-ring (bicyclic) bond motifs is 2. The fourth-order valence-corrected chi connectivity index (χ4v) is 4.53. The quantitative estimate of drug-likeness (QED) is 0.252. The van der Waals surface area contributed by atoms with Crippen LogP contribution in [0.4, 0.5) is 11.6 Å². The van der Waals surface area contributed by atoms with Crippen LogP contribution in [0.3, 0.4) is 0 Å². The van der Waals surface area contributed by atoms with E-state index in [0.29, 0.717) is 23.3 Å². The van der Waals surface area contributed by atoms with E-state index in [4.69, 9.17) is 11.5 Å². The van der Waals surface area contributed by atoms with Crippen molar-refractivity contribution < 1.29 is 15.3 Å². The van der Waals surface area contributed by atoms with E-state index in [0.717, 1.165) is 20.9 Å². The van der Waals surface area contributed by atoms with Gasteiger partial charge in [0.25, 0.3) is 0 Å². The molecule has 0 saturated carbocycles. The molecule has 3 atom stereocenters. The van der Waals surface area contributed by atoms with E-state index in [-0.39, 0.29) is 18.7 Å². The highest BCUT2D eigenvalue weighted by Gasteiger charge is 2.50. The summed E-state index contributed by atoms with van der Waals surface area (Å²) in [5.41, 5.74) is 10.4. The second-order valence-corrected chi connectivity index (χ2v) is 9.36. The molecule has 9 nitrogen and oxygen atoms in total. The van der Waals surface area contributed by atoms with Crippen molar-refractivity contribution in [1.29, 1.82) is 0 Å². The van der Waals surface area contributed by atoms with E-state index in [1.54, 1.807) is 19.2 Å². The summed E-state index contributed by atoms with van der Waals surface area (Å²) < 4.78 is 2.13. The van der Waals surface area contributed by atoms with Crippen LogP contribution in [0.1, 0.15) is 38.5 Å². The molecule has 0 radical (unpaired) electrons. The lowest BCUT2D eigenvalue weighted by molar-refractivity contribution is -0.217. The largest absolute Gasteiger partial charge is 0.387 e. The summed E-state index contributed by atoms with van der Waals surface area (Å²) in [5, 5.41) is 35.5. The number of benzene rings is 1. The van der Waals surface area contributed by atoms with Crippen molar-refractivity contribution in [3.8, 4) is 0 Å². The molecule has 7 N–H and O–H groups in total. The average Bonchev–Trinajstić information content (AvgIpc) is 3.23. The van der Waals surface area contributed by atoms with Gasteiger partial charge in [0.05, 0.1) is 21.0 Å². The van der Waals surface area contributed by atoms with Crippen molar-refractivity contribution in [1.82, 2.24) is 19.5 Å². The van der Waals surface area contributed by atoms with E-state index < -0.39 is 17.4 Å². The number of aliphatic hydroxyl groups is 3.